The predicted molar refractivity (Wildman–Crippen MR) is 119 cm³/mol. The number of sulfonamides is 1. The van der Waals surface area contributed by atoms with Crippen molar-refractivity contribution >= 4 is 15.7 Å². The quantitative estimate of drug-likeness (QED) is 0.449. The van der Waals surface area contributed by atoms with Crippen molar-refractivity contribution in [3.8, 4) is 5.69 Å². The third-order valence-corrected chi connectivity index (χ3v) is 6.71. The summed E-state index contributed by atoms with van der Waals surface area (Å²) in [6, 6.07) is 26.2. The van der Waals surface area contributed by atoms with Gasteiger partial charge in [-0.2, -0.15) is 5.10 Å². The molecule has 0 N–H and O–H groups in total. The Morgan fingerprint density at radius 2 is 1.43 bits per heavy atom. The van der Waals surface area contributed by atoms with Crippen LogP contribution in [0.4, 0.5) is 5.69 Å². The molecule has 0 atom stereocenters. The largest absolute Gasteiger partial charge is 0.264 e. The minimum atomic E-state index is -3.78. The number of benzene rings is 3. The minimum absolute atomic E-state index is 0.221. The first-order chi connectivity index (χ1) is 14.4. The van der Waals surface area contributed by atoms with Crippen molar-refractivity contribution in [3.05, 3.63) is 108 Å². The highest BCUT2D eigenvalue weighted by atomic mass is 32.2. The Morgan fingerprint density at radius 3 is 2.07 bits per heavy atom. The molecular formula is C24H23N3O2S. The van der Waals surface area contributed by atoms with Crippen LogP contribution in [0.3, 0.4) is 0 Å². The number of anilines is 1. The van der Waals surface area contributed by atoms with E-state index >= 15 is 0 Å². The minimum Gasteiger partial charge on any atom is -0.258 e. The molecular weight excluding hydrogens is 394 g/mol. The SMILES string of the molecule is Cc1ccc(S(=O)(=O)N(Cc2ccccc2)c2cn(-c3ccccc3)nc2C)cc1. The lowest BCUT2D eigenvalue weighted by molar-refractivity contribution is 0.590. The summed E-state index contributed by atoms with van der Waals surface area (Å²) in [6.45, 7) is 3.99. The van der Waals surface area contributed by atoms with Crippen LogP contribution in [-0.4, -0.2) is 18.2 Å². The highest BCUT2D eigenvalue weighted by Crippen LogP contribution is 2.29. The Hall–Kier alpha value is -3.38. The van der Waals surface area contributed by atoms with Crippen molar-refractivity contribution in [1.29, 1.82) is 0 Å². The van der Waals surface area contributed by atoms with Gasteiger partial charge in [0.25, 0.3) is 10.0 Å². The highest BCUT2D eigenvalue weighted by molar-refractivity contribution is 7.92. The second kappa shape index (κ2) is 8.16. The molecule has 4 aromatic rings. The highest BCUT2D eigenvalue weighted by Gasteiger charge is 2.28. The van der Waals surface area contributed by atoms with Crippen LogP contribution >= 0.6 is 0 Å². The van der Waals surface area contributed by atoms with E-state index in [0.717, 1.165) is 16.8 Å². The lowest BCUT2D eigenvalue weighted by atomic mass is 10.2. The number of aromatic nitrogens is 2. The standard InChI is InChI=1S/C24H23N3O2S/c1-19-13-15-23(16-14-19)30(28,29)27(17-21-9-5-3-6-10-21)24-18-26(25-20(24)2)22-11-7-4-8-12-22/h3-16,18H,17H2,1-2H3. The first-order valence-corrected chi connectivity index (χ1v) is 11.1. The van der Waals surface area contributed by atoms with E-state index in [2.05, 4.69) is 5.10 Å². The first-order valence-electron chi connectivity index (χ1n) is 9.70. The molecule has 1 aromatic heterocycles. The molecule has 4 rings (SSSR count). The zero-order chi connectivity index (χ0) is 21.1. The van der Waals surface area contributed by atoms with Crippen molar-refractivity contribution in [2.24, 2.45) is 0 Å². The van der Waals surface area contributed by atoms with Gasteiger partial charge < -0.3 is 0 Å². The molecule has 0 saturated carbocycles. The van der Waals surface area contributed by atoms with Crippen LogP contribution in [0.25, 0.3) is 5.69 Å². The smallest absolute Gasteiger partial charge is 0.258 e. The normalized spacial score (nSPS) is 11.4. The van der Waals surface area contributed by atoms with Gasteiger partial charge in [0.15, 0.2) is 0 Å². The summed E-state index contributed by atoms with van der Waals surface area (Å²) in [7, 11) is -3.78. The van der Waals surface area contributed by atoms with Crippen LogP contribution in [0.15, 0.2) is 96.0 Å². The van der Waals surface area contributed by atoms with Crippen LogP contribution in [0.5, 0.6) is 0 Å². The summed E-state index contributed by atoms with van der Waals surface area (Å²) in [4.78, 5) is 0.260. The zero-order valence-electron chi connectivity index (χ0n) is 16.9. The fourth-order valence-corrected chi connectivity index (χ4v) is 4.79. The van der Waals surface area contributed by atoms with Crippen LogP contribution in [0.2, 0.25) is 0 Å². The number of hydrogen-bond donors (Lipinski definition) is 0. The molecule has 152 valence electrons. The van der Waals surface area contributed by atoms with Gasteiger partial charge in [0, 0.05) is 0 Å². The molecule has 0 aliphatic heterocycles. The van der Waals surface area contributed by atoms with Gasteiger partial charge in [-0.3, -0.25) is 4.31 Å². The van der Waals surface area contributed by atoms with E-state index in [4.69, 9.17) is 0 Å². The van der Waals surface area contributed by atoms with Gasteiger partial charge in [0.05, 0.1) is 34.7 Å². The Balaban J connectivity index is 1.82. The summed E-state index contributed by atoms with van der Waals surface area (Å²) in [5, 5.41) is 4.58. The third-order valence-electron chi connectivity index (χ3n) is 4.94. The molecule has 0 amide bonds. The van der Waals surface area contributed by atoms with E-state index in [-0.39, 0.29) is 11.4 Å². The average molecular weight is 418 g/mol. The molecule has 0 unspecified atom stereocenters. The van der Waals surface area contributed by atoms with Gasteiger partial charge in [-0.05, 0) is 43.7 Å². The van der Waals surface area contributed by atoms with Gasteiger partial charge in [-0.1, -0.05) is 66.2 Å². The van der Waals surface area contributed by atoms with Crippen LogP contribution in [0, 0.1) is 13.8 Å². The average Bonchev–Trinajstić information content (AvgIpc) is 3.15. The summed E-state index contributed by atoms with van der Waals surface area (Å²) in [6.07, 6.45) is 1.78. The van der Waals surface area contributed by atoms with Gasteiger partial charge in [-0.25, -0.2) is 13.1 Å². The maximum atomic E-state index is 13.6. The van der Waals surface area contributed by atoms with Crippen molar-refractivity contribution < 1.29 is 8.42 Å². The van der Waals surface area contributed by atoms with Gasteiger partial charge in [0.1, 0.15) is 0 Å². The number of hydrogen-bond acceptors (Lipinski definition) is 3. The molecule has 1 heterocycles. The molecule has 5 nitrogen and oxygen atoms in total. The predicted octanol–water partition coefficient (Wildman–Crippen LogP) is 4.88. The van der Waals surface area contributed by atoms with Crippen molar-refractivity contribution in [2.75, 3.05) is 4.31 Å². The Morgan fingerprint density at radius 1 is 0.833 bits per heavy atom. The van der Waals surface area contributed by atoms with Crippen molar-refractivity contribution in [2.45, 2.75) is 25.3 Å². The van der Waals surface area contributed by atoms with E-state index in [1.54, 1.807) is 23.0 Å². The van der Waals surface area contributed by atoms with Crippen molar-refractivity contribution in [1.82, 2.24) is 9.78 Å². The molecule has 6 heteroatoms. The second-order valence-electron chi connectivity index (χ2n) is 7.19. The molecule has 30 heavy (non-hydrogen) atoms. The van der Waals surface area contributed by atoms with E-state index < -0.39 is 10.0 Å². The Kier molecular flexibility index (Phi) is 5.42. The van der Waals surface area contributed by atoms with Crippen LogP contribution in [-0.2, 0) is 16.6 Å². The molecule has 0 bridgehead atoms. The lowest BCUT2D eigenvalue weighted by Crippen LogP contribution is -2.30. The fourth-order valence-electron chi connectivity index (χ4n) is 3.30. The lowest BCUT2D eigenvalue weighted by Gasteiger charge is -2.24. The number of para-hydroxylation sites is 1. The van der Waals surface area contributed by atoms with Crippen molar-refractivity contribution in [3.63, 3.8) is 0 Å². The number of rotatable bonds is 6. The molecule has 3 aromatic carbocycles. The van der Waals surface area contributed by atoms with Gasteiger partial charge >= 0.3 is 0 Å². The molecule has 0 saturated heterocycles. The van der Waals surface area contributed by atoms with E-state index in [0.29, 0.717) is 11.4 Å². The molecule has 0 spiro atoms. The Labute approximate surface area is 177 Å². The van der Waals surface area contributed by atoms with Crippen LogP contribution in [0.1, 0.15) is 16.8 Å². The Bertz CT molecular complexity index is 1230. The summed E-state index contributed by atoms with van der Waals surface area (Å²) in [5.41, 5.74) is 3.99. The van der Waals surface area contributed by atoms with Gasteiger partial charge in [0.2, 0.25) is 0 Å². The second-order valence-corrected chi connectivity index (χ2v) is 9.05. The topological polar surface area (TPSA) is 55.2 Å². The number of nitrogens with zero attached hydrogens (tertiary/aromatic N) is 3. The monoisotopic (exact) mass is 417 g/mol. The van der Waals surface area contributed by atoms with E-state index in [1.165, 1.54) is 4.31 Å². The summed E-state index contributed by atoms with van der Waals surface area (Å²) >= 11 is 0. The molecule has 0 fully saturated rings. The zero-order valence-corrected chi connectivity index (χ0v) is 17.8. The molecule has 0 aliphatic rings. The van der Waals surface area contributed by atoms with E-state index in [1.807, 2.05) is 86.6 Å². The van der Waals surface area contributed by atoms with Gasteiger partial charge in [-0.15, -0.1) is 0 Å². The third kappa shape index (κ3) is 4.00. The van der Waals surface area contributed by atoms with Crippen LogP contribution < -0.4 is 4.31 Å². The summed E-state index contributed by atoms with van der Waals surface area (Å²) < 4.78 is 30.4. The maximum Gasteiger partial charge on any atom is 0.264 e. The maximum absolute atomic E-state index is 13.6. The first kappa shape index (κ1) is 19.9. The van der Waals surface area contributed by atoms with E-state index in [9.17, 15) is 8.42 Å². The molecule has 0 aliphatic carbocycles. The molecule has 0 radical (unpaired) electrons. The summed E-state index contributed by atoms with van der Waals surface area (Å²) in [5.74, 6) is 0. The fraction of sp³-hybridized carbons (Fsp3) is 0.125. The number of aryl methyl sites for hydroxylation is 2.